The Bertz CT molecular complexity index is 1140. The highest BCUT2D eigenvalue weighted by atomic mass is 32.2. The number of amides is 1. The van der Waals surface area contributed by atoms with Gasteiger partial charge in [0.2, 0.25) is 5.91 Å². The number of unbranched alkanes of at least 4 members (excludes halogenated alkanes) is 5. The quantitative estimate of drug-likeness (QED) is 0.0418. The van der Waals surface area contributed by atoms with Crippen molar-refractivity contribution in [2.45, 2.75) is 129 Å². The van der Waals surface area contributed by atoms with Crippen molar-refractivity contribution in [3.05, 3.63) is 109 Å². The van der Waals surface area contributed by atoms with Gasteiger partial charge in [-0.25, -0.2) is 0 Å². The first-order chi connectivity index (χ1) is 22.8. The molecule has 0 saturated heterocycles. The van der Waals surface area contributed by atoms with Crippen LogP contribution in [0.25, 0.3) is 0 Å². The lowest BCUT2D eigenvalue weighted by atomic mass is 10.1. The Balaban J connectivity index is 4.26. The number of aliphatic hydroxyl groups excluding tert-OH is 1. The first kappa shape index (κ1) is 44.0. The topological polar surface area (TPSA) is 104 Å². The third-order valence-electron chi connectivity index (χ3n) is 6.92. The van der Waals surface area contributed by atoms with E-state index in [9.17, 15) is 22.9 Å². The van der Waals surface area contributed by atoms with E-state index in [2.05, 4.69) is 104 Å². The largest absolute Gasteiger partial charge is 0.387 e. The Morgan fingerprint density at radius 2 is 1.02 bits per heavy atom. The van der Waals surface area contributed by atoms with Gasteiger partial charge in [0, 0.05) is 6.42 Å². The maximum absolute atomic E-state index is 12.4. The van der Waals surface area contributed by atoms with Gasteiger partial charge < -0.3 is 10.4 Å². The van der Waals surface area contributed by atoms with Crippen LogP contribution < -0.4 is 5.32 Å². The molecule has 0 saturated carbocycles. The number of rotatable bonds is 29. The average molecular weight is 670 g/mol. The molecule has 0 rings (SSSR count). The minimum atomic E-state index is -4.38. The highest BCUT2D eigenvalue weighted by molar-refractivity contribution is 7.85. The van der Waals surface area contributed by atoms with Crippen LogP contribution in [-0.4, -0.2) is 41.9 Å². The van der Waals surface area contributed by atoms with Gasteiger partial charge in [-0.3, -0.25) is 9.35 Å². The molecule has 0 aromatic heterocycles. The van der Waals surface area contributed by atoms with Crippen LogP contribution in [0.4, 0.5) is 0 Å². The summed E-state index contributed by atoms with van der Waals surface area (Å²) in [6.07, 6.45) is 50.8. The monoisotopic (exact) mass is 669 g/mol. The maximum atomic E-state index is 12.4. The number of aliphatic hydroxyl groups is 1. The summed E-state index contributed by atoms with van der Waals surface area (Å²) in [5.41, 5.74) is 0. The molecular formula is C40H63NO5S. The second kappa shape index (κ2) is 32.9. The number of nitrogens with one attached hydrogen (secondary N) is 1. The highest BCUT2D eigenvalue weighted by Crippen LogP contribution is 2.06. The van der Waals surface area contributed by atoms with Gasteiger partial charge in [-0.05, 0) is 83.5 Å². The van der Waals surface area contributed by atoms with E-state index in [0.717, 1.165) is 64.2 Å². The summed E-state index contributed by atoms with van der Waals surface area (Å²) in [6, 6.07) is -1.13. The fourth-order valence-electron chi connectivity index (χ4n) is 4.32. The molecule has 0 aromatic carbocycles. The molecule has 0 radical (unpaired) electrons. The summed E-state index contributed by atoms with van der Waals surface area (Å²) in [5, 5.41) is 13.1. The zero-order chi connectivity index (χ0) is 34.7. The van der Waals surface area contributed by atoms with E-state index in [0.29, 0.717) is 12.8 Å². The van der Waals surface area contributed by atoms with E-state index in [1.165, 1.54) is 25.3 Å². The molecule has 0 aromatic rings. The predicted octanol–water partition coefficient (Wildman–Crippen LogP) is 10.0. The fraction of sp³-hybridized carbons (Fsp3) is 0.525. The van der Waals surface area contributed by atoms with Crippen molar-refractivity contribution in [2.24, 2.45) is 0 Å². The zero-order valence-electron chi connectivity index (χ0n) is 29.1. The first-order valence-corrected chi connectivity index (χ1v) is 19.2. The second-order valence-corrected chi connectivity index (χ2v) is 12.9. The molecule has 2 atom stereocenters. The maximum Gasteiger partial charge on any atom is 0.267 e. The Kier molecular flexibility index (Phi) is 30.8. The SMILES string of the molecule is CC/C=C\C/C=C\C/C=C\C/C=C\C/C=C\C/C=C\CCC(=O)NC(CS(=O)(=O)O)C(O)/C=C/CC/C=C/CC/C=C/CCCCC. The van der Waals surface area contributed by atoms with E-state index in [1.807, 2.05) is 12.2 Å². The summed E-state index contributed by atoms with van der Waals surface area (Å²) >= 11 is 0. The normalized spacial score (nSPS) is 14.7. The van der Waals surface area contributed by atoms with Crippen LogP contribution in [0.15, 0.2) is 109 Å². The van der Waals surface area contributed by atoms with E-state index in [-0.39, 0.29) is 12.3 Å². The van der Waals surface area contributed by atoms with E-state index in [1.54, 1.807) is 6.08 Å². The minimum Gasteiger partial charge on any atom is -0.387 e. The average Bonchev–Trinajstić information content (AvgIpc) is 3.03. The van der Waals surface area contributed by atoms with Gasteiger partial charge in [-0.2, -0.15) is 8.42 Å². The molecule has 0 fully saturated rings. The zero-order valence-corrected chi connectivity index (χ0v) is 29.9. The van der Waals surface area contributed by atoms with Crippen molar-refractivity contribution in [3.8, 4) is 0 Å². The van der Waals surface area contributed by atoms with E-state index >= 15 is 0 Å². The molecule has 0 spiro atoms. The van der Waals surface area contributed by atoms with Crippen molar-refractivity contribution >= 4 is 16.0 Å². The lowest BCUT2D eigenvalue weighted by molar-refractivity contribution is -0.122. The van der Waals surface area contributed by atoms with Gasteiger partial charge in [-0.15, -0.1) is 0 Å². The van der Waals surface area contributed by atoms with Gasteiger partial charge in [0.25, 0.3) is 10.1 Å². The molecule has 2 unspecified atom stereocenters. The van der Waals surface area contributed by atoms with Crippen LogP contribution in [0.5, 0.6) is 0 Å². The molecule has 1 amide bonds. The van der Waals surface area contributed by atoms with Crippen molar-refractivity contribution in [3.63, 3.8) is 0 Å². The van der Waals surface area contributed by atoms with E-state index in [4.69, 9.17) is 0 Å². The van der Waals surface area contributed by atoms with Gasteiger partial charge in [-0.1, -0.05) is 136 Å². The van der Waals surface area contributed by atoms with Crippen LogP contribution in [0.3, 0.4) is 0 Å². The number of hydrogen-bond donors (Lipinski definition) is 3. The number of allylic oxidation sites excluding steroid dienone is 17. The van der Waals surface area contributed by atoms with Gasteiger partial charge >= 0.3 is 0 Å². The summed E-state index contributed by atoms with van der Waals surface area (Å²) in [4.78, 5) is 12.4. The summed E-state index contributed by atoms with van der Waals surface area (Å²) in [6.45, 7) is 4.34. The number of carbonyl (C=O) groups excluding carboxylic acids is 1. The highest BCUT2D eigenvalue weighted by Gasteiger charge is 2.24. The molecule has 264 valence electrons. The Hall–Kier alpha value is -3.00. The van der Waals surface area contributed by atoms with Crippen LogP contribution >= 0.6 is 0 Å². The second-order valence-electron chi connectivity index (χ2n) is 11.4. The molecule has 3 N–H and O–H groups in total. The molecule has 0 aliphatic carbocycles. The summed E-state index contributed by atoms with van der Waals surface area (Å²) in [7, 11) is -4.38. The lowest BCUT2D eigenvalue weighted by Gasteiger charge is -2.20. The Morgan fingerprint density at radius 1 is 0.596 bits per heavy atom. The Labute approximate surface area is 287 Å². The lowest BCUT2D eigenvalue weighted by Crippen LogP contribution is -2.46. The molecule has 7 heteroatoms. The summed E-state index contributed by atoms with van der Waals surface area (Å²) in [5.74, 6) is -1.14. The molecular weight excluding hydrogens is 607 g/mol. The number of hydrogen-bond acceptors (Lipinski definition) is 4. The van der Waals surface area contributed by atoms with Crippen molar-refractivity contribution in [2.75, 3.05) is 5.75 Å². The van der Waals surface area contributed by atoms with Crippen molar-refractivity contribution < 1.29 is 22.9 Å². The molecule has 0 aliphatic rings. The Morgan fingerprint density at radius 3 is 1.49 bits per heavy atom. The number of carbonyl (C=O) groups is 1. The first-order valence-electron chi connectivity index (χ1n) is 17.6. The van der Waals surface area contributed by atoms with Crippen molar-refractivity contribution in [1.29, 1.82) is 0 Å². The standard InChI is InChI=1S/C40H63NO5S/c1-3-5-7-9-11-13-15-17-18-19-20-21-22-24-26-28-30-32-34-36-40(43)41-38(37-47(44,45)46)39(42)35-33-31-29-27-25-23-16-14-12-10-8-6-4-2/h5,7,11-14,17-18,20-21,24-27,30,32-33,35,38-39,42H,3-4,6,8-10,15-16,19,22-23,28-29,31,34,36-37H2,1-2H3,(H,41,43)(H,44,45,46)/b7-5-,13-11-,14-12+,18-17-,21-20-,26-24-,27-25+,32-30-,35-33+. The van der Waals surface area contributed by atoms with Gasteiger partial charge in [0.1, 0.15) is 0 Å². The third kappa shape index (κ3) is 34.2. The van der Waals surface area contributed by atoms with Gasteiger partial charge in [0.05, 0.1) is 17.9 Å². The van der Waals surface area contributed by atoms with Crippen LogP contribution in [0, 0.1) is 0 Å². The smallest absolute Gasteiger partial charge is 0.267 e. The molecule has 0 bridgehead atoms. The predicted molar refractivity (Wildman–Crippen MR) is 202 cm³/mol. The van der Waals surface area contributed by atoms with Gasteiger partial charge in [0.15, 0.2) is 0 Å². The molecule has 0 aliphatic heterocycles. The summed E-state index contributed by atoms with van der Waals surface area (Å²) < 4.78 is 32.3. The van der Waals surface area contributed by atoms with Crippen molar-refractivity contribution in [1.82, 2.24) is 5.32 Å². The fourth-order valence-corrected chi connectivity index (χ4v) is 5.06. The third-order valence-corrected chi connectivity index (χ3v) is 7.70. The molecule has 6 nitrogen and oxygen atoms in total. The molecule has 47 heavy (non-hydrogen) atoms. The minimum absolute atomic E-state index is 0.152. The van der Waals surface area contributed by atoms with E-state index < -0.39 is 28.0 Å². The molecule has 0 heterocycles. The van der Waals surface area contributed by atoms with Crippen LogP contribution in [-0.2, 0) is 14.9 Å². The van der Waals surface area contributed by atoms with Crippen LogP contribution in [0.1, 0.15) is 117 Å². The van der Waals surface area contributed by atoms with Crippen LogP contribution in [0.2, 0.25) is 0 Å².